The van der Waals surface area contributed by atoms with Gasteiger partial charge in [-0.2, -0.15) is 0 Å². The van der Waals surface area contributed by atoms with Crippen molar-refractivity contribution < 1.29 is 9.47 Å². The predicted octanol–water partition coefficient (Wildman–Crippen LogP) is 5.47. The van der Waals surface area contributed by atoms with Gasteiger partial charge in [-0.05, 0) is 41.1 Å². The number of anilines is 1. The lowest BCUT2D eigenvalue weighted by atomic mass is 10.00. The van der Waals surface area contributed by atoms with Gasteiger partial charge < -0.3 is 19.8 Å². The molecule has 0 bridgehead atoms. The molecule has 5 aromatic rings. The van der Waals surface area contributed by atoms with Crippen LogP contribution in [0.2, 0.25) is 0 Å². The molecule has 6 rings (SSSR count). The second kappa shape index (κ2) is 7.87. The number of para-hydroxylation sites is 3. The third-order valence-corrected chi connectivity index (χ3v) is 5.70. The Morgan fingerprint density at radius 1 is 0.848 bits per heavy atom. The molecule has 0 atom stereocenters. The summed E-state index contributed by atoms with van der Waals surface area (Å²) in [4.78, 5) is 14.8. The van der Waals surface area contributed by atoms with Crippen molar-refractivity contribution in [1.82, 2.24) is 15.2 Å². The van der Waals surface area contributed by atoms with Crippen molar-refractivity contribution in [1.29, 1.82) is 0 Å². The number of rotatable bonds is 5. The average molecular weight is 436 g/mol. The third-order valence-electron chi connectivity index (χ3n) is 5.70. The minimum Gasteiger partial charge on any atom is -0.444 e. The summed E-state index contributed by atoms with van der Waals surface area (Å²) in [6.07, 6.45) is 0.817. The lowest BCUT2D eigenvalue weighted by molar-refractivity contribution is 0.353. The minimum absolute atomic E-state index is 0.100. The van der Waals surface area contributed by atoms with Crippen LogP contribution >= 0.6 is 0 Å². The van der Waals surface area contributed by atoms with Gasteiger partial charge in [0.2, 0.25) is 11.3 Å². The molecule has 3 heterocycles. The van der Waals surface area contributed by atoms with Gasteiger partial charge in [-0.15, -0.1) is 5.10 Å². The van der Waals surface area contributed by atoms with Crippen LogP contribution in [0.1, 0.15) is 5.56 Å². The smallest absolute Gasteiger partial charge is 0.284 e. The van der Waals surface area contributed by atoms with Crippen LogP contribution < -0.4 is 20.3 Å². The Morgan fingerprint density at radius 2 is 1.67 bits per heavy atom. The molecule has 1 aliphatic heterocycles. The van der Waals surface area contributed by atoms with E-state index in [4.69, 9.17) is 9.47 Å². The zero-order valence-electron chi connectivity index (χ0n) is 17.6. The molecule has 0 fully saturated rings. The standard InChI is InChI=1S/C26H20N4O3/c31-22-13-12-18-4-3-5-19(23(18)28-22)17-10-8-16(9-11-17)14-15-27-25-24-26(30-29-25)33-21-7-2-1-6-20(21)32-24/h1-13H,14-15H2,(H,28,31)(H2,27,29,30). The van der Waals surface area contributed by atoms with E-state index in [0.29, 0.717) is 35.5 Å². The molecule has 3 N–H and O–H groups in total. The molecule has 33 heavy (non-hydrogen) atoms. The Balaban J connectivity index is 1.15. The third kappa shape index (κ3) is 3.59. The summed E-state index contributed by atoms with van der Waals surface area (Å²) in [6, 6.07) is 25.3. The summed E-state index contributed by atoms with van der Waals surface area (Å²) in [5.74, 6) is 3.00. The number of pyridine rings is 1. The highest BCUT2D eigenvalue weighted by Crippen LogP contribution is 2.47. The molecule has 1 aliphatic rings. The molecule has 0 unspecified atom stereocenters. The Hall–Kier alpha value is -4.52. The minimum atomic E-state index is -0.100. The zero-order chi connectivity index (χ0) is 22.2. The first-order valence-corrected chi connectivity index (χ1v) is 10.7. The maximum Gasteiger partial charge on any atom is 0.284 e. The molecule has 7 heteroatoms. The van der Waals surface area contributed by atoms with Crippen LogP contribution in [0.15, 0.2) is 83.7 Å². The maximum atomic E-state index is 11.8. The number of aromatic nitrogens is 3. The van der Waals surface area contributed by atoms with Gasteiger partial charge in [0.25, 0.3) is 5.88 Å². The monoisotopic (exact) mass is 436 g/mol. The van der Waals surface area contributed by atoms with Crippen molar-refractivity contribution in [3.8, 4) is 34.3 Å². The number of hydrogen-bond acceptors (Lipinski definition) is 5. The van der Waals surface area contributed by atoms with Gasteiger partial charge in [-0.3, -0.25) is 9.89 Å². The van der Waals surface area contributed by atoms with Crippen LogP contribution in [0.4, 0.5) is 5.82 Å². The fourth-order valence-corrected chi connectivity index (χ4v) is 4.03. The van der Waals surface area contributed by atoms with Crippen LogP contribution in [0, 0.1) is 0 Å². The first-order chi connectivity index (χ1) is 16.2. The molecule has 0 amide bonds. The number of nitrogens with zero attached hydrogens (tertiary/aromatic N) is 1. The van der Waals surface area contributed by atoms with Gasteiger partial charge in [-0.25, -0.2) is 0 Å². The van der Waals surface area contributed by atoms with Crippen molar-refractivity contribution in [2.24, 2.45) is 0 Å². The SMILES string of the molecule is O=c1ccc2cccc(-c3ccc(CCNc4[nH]nc5c4Oc4ccccc4O5)cc3)c2[nH]1. The lowest BCUT2D eigenvalue weighted by Gasteiger charge is -2.17. The number of hydrogen-bond donors (Lipinski definition) is 3. The van der Waals surface area contributed by atoms with Crippen LogP contribution in [-0.2, 0) is 6.42 Å². The number of fused-ring (bicyclic) bond motifs is 3. The number of nitrogens with one attached hydrogen (secondary N) is 3. The number of aromatic amines is 2. The van der Waals surface area contributed by atoms with E-state index in [1.807, 2.05) is 48.5 Å². The van der Waals surface area contributed by atoms with Crippen LogP contribution in [0.3, 0.4) is 0 Å². The van der Waals surface area contributed by atoms with E-state index in [1.54, 1.807) is 6.07 Å². The topological polar surface area (TPSA) is 92.0 Å². The summed E-state index contributed by atoms with van der Waals surface area (Å²) >= 11 is 0. The molecule has 0 saturated heterocycles. The van der Waals surface area contributed by atoms with E-state index in [9.17, 15) is 4.79 Å². The van der Waals surface area contributed by atoms with E-state index >= 15 is 0 Å². The number of ether oxygens (including phenoxy) is 2. The Labute approximate surface area is 189 Å². The molecule has 162 valence electrons. The van der Waals surface area contributed by atoms with Gasteiger partial charge in [-0.1, -0.05) is 54.6 Å². The van der Waals surface area contributed by atoms with Crippen LogP contribution in [-0.4, -0.2) is 21.7 Å². The summed E-state index contributed by atoms with van der Waals surface area (Å²) in [7, 11) is 0. The molecule has 3 aromatic carbocycles. The van der Waals surface area contributed by atoms with Crippen molar-refractivity contribution in [2.45, 2.75) is 6.42 Å². The molecule has 0 saturated carbocycles. The van der Waals surface area contributed by atoms with E-state index in [1.165, 1.54) is 5.56 Å². The average Bonchev–Trinajstić information content (AvgIpc) is 3.24. The maximum absolute atomic E-state index is 11.8. The van der Waals surface area contributed by atoms with Crippen molar-refractivity contribution in [3.05, 3.63) is 94.8 Å². The highest BCUT2D eigenvalue weighted by atomic mass is 16.6. The fourth-order valence-electron chi connectivity index (χ4n) is 4.03. The molecule has 0 aliphatic carbocycles. The molecular weight excluding hydrogens is 416 g/mol. The largest absolute Gasteiger partial charge is 0.444 e. The van der Waals surface area contributed by atoms with Crippen molar-refractivity contribution in [2.75, 3.05) is 11.9 Å². The highest BCUT2D eigenvalue weighted by Gasteiger charge is 2.24. The Bertz CT molecular complexity index is 1520. The zero-order valence-corrected chi connectivity index (χ0v) is 17.6. The lowest BCUT2D eigenvalue weighted by Crippen LogP contribution is -2.07. The second-order valence-corrected chi connectivity index (χ2v) is 7.85. The van der Waals surface area contributed by atoms with E-state index < -0.39 is 0 Å². The first-order valence-electron chi connectivity index (χ1n) is 10.7. The molecule has 2 aromatic heterocycles. The molecular formula is C26H20N4O3. The molecule has 0 spiro atoms. The molecule has 7 nitrogen and oxygen atoms in total. The van der Waals surface area contributed by atoms with Gasteiger partial charge >= 0.3 is 0 Å². The fraction of sp³-hybridized carbons (Fsp3) is 0.0769. The predicted molar refractivity (Wildman–Crippen MR) is 127 cm³/mol. The number of benzene rings is 3. The second-order valence-electron chi connectivity index (χ2n) is 7.85. The Kier molecular flexibility index (Phi) is 4.58. The quantitative estimate of drug-likeness (QED) is 0.333. The number of H-pyrrole nitrogens is 2. The van der Waals surface area contributed by atoms with E-state index in [0.717, 1.165) is 28.5 Å². The Morgan fingerprint density at radius 3 is 2.52 bits per heavy atom. The van der Waals surface area contributed by atoms with Crippen molar-refractivity contribution in [3.63, 3.8) is 0 Å². The summed E-state index contributed by atoms with van der Waals surface area (Å²) in [5.41, 5.74) is 4.02. The highest BCUT2D eigenvalue weighted by molar-refractivity contribution is 5.93. The van der Waals surface area contributed by atoms with Gasteiger partial charge in [0.1, 0.15) is 0 Å². The first kappa shape index (κ1) is 19.2. The van der Waals surface area contributed by atoms with E-state index in [2.05, 4.69) is 44.8 Å². The summed E-state index contributed by atoms with van der Waals surface area (Å²) < 4.78 is 11.7. The van der Waals surface area contributed by atoms with Crippen LogP contribution in [0.25, 0.3) is 22.0 Å². The van der Waals surface area contributed by atoms with Gasteiger partial charge in [0.15, 0.2) is 17.3 Å². The van der Waals surface area contributed by atoms with Gasteiger partial charge in [0, 0.05) is 18.2 Å². The summed E-state index contributed by atoms with van der Waals surface area (Å²) in [6.45, 7) is 0.695. The molecule has 0 radical (unpaired) electrons. The van der Waals surface area contributed by atoms with Crippen LogP contribution in [0.5, 0.6) is 23.1 Å². The van der Waals surface area contributed by atoms with Gasteiger partial charge in [0.05, 0.1) is 5.52 Å². The summed E-state index contributed by atoms with van der Waals surface area (Å²) in [5, 5.41) is 11.5. The van der Waals surface area contributed by atoms with E-state index in [-0.39, 0.29) is 5.56 Å². The normalized spacial score (nSPS) is 11.9. The van der Waals surface area contributed by atoms with Crippen molar-refractivity contribution >= 4 is 16.7 Å².